The molecule has 0 aliphatic rings. The molecule has 5 heteroatoms. The zero-order valence-electron chi connectivity index (χ0n) is 11.2. The summed E-state index contributed by atoms with van der Waals surface area (Å²) >= 11 is 0. The van der Waals surface area contributed by atoms with Gasteiger partial charge in [0.05, 0.1) is 5.56 Å². The molecule has 0 fully saturated rings. The molecule has 0 aliphatic heterocycles. The minimum absolute atomic E-state index is 0.0730. The molecule has 0 radical (unpaired) electrons. The number of rotatable bonds is 6. The highest BCUT2D eigenvalue weighted by Crippen LogP contribution is 2.29. The van der Waals surface area contributed by atoms with Crippen LogP contribution in [-0.2, 0) is 12.7 Å². The quantitative estimate of drug-likeness (QED) is 0.835. The van der Waals surface area contributed by atoms with Crippen LogP contribution in [0.1, 0.15) is 31.4 Å². The summed E-state index contributed by atoms with van der Waals surface area (Å²) in [5.41, 5.74) is -0.0906. The molecule has 0 unspecified atom stereocenters. The third-order valence-electron chi connectivity index (χ3n) is 2.98. The summed E-state index contributed by atoms with van der Waals surface area (Å²) in [6.45, 7) is 5.14. The number of alkyl halides is 3. The fourth-order valence-electron chi connectivity index (χ4n) is 1.79. The van der Waals surface area contributed by atoms with Gasteiger partial charge in [-0.15, -0.1) is 0 Å². The largest absolute Gasteiger partial charge is 0.416 e. The number of aliphatic hydroxyl groups is 1. The third-order valence-corrected chi connectivity index (χ3v) is 2.98. The first-order valence-corrected chi connectivity index (χ1v) is 6.22. The van der Waals surface area contributed by atoms with Crippen molar-refractivity contribution in [3.63, 3.8) is 0 Å². The van der Waals surface area contributed by atoms with E-state index in [9.17, 15) is 13.2 Å². The van der Waals surface area contributed by atoms with Gasteiger partial charge in [0.1, 0.15) is 0 Å². The van der Waals surface area contributed by atoms with E-state index in [1.165, 1.54) is 6.07 Å². The molecule has 0 spiro atoms. The number of nitrogens with one attached hydrogen (secondary N) is 1. The Morgan fingerprint density at radius 3 is 2.47 bits per heavy atom. The topological polar surface area (TPSA) is 32.3 Å². The van der Waals surface area contributed by atoms with E-state index in [1.54, 1.807) is 6.07 Å². The standard InChI is InChI=1S/C14H20F3NO/c1-13(2,6-7-19)10-18-9-11-4-3-5-12(8-11)14(15,16)17/h3-5,8,18-19H,6-7,9-10H2,1-2H3. The highest BCUT2D eigenvalue weighted by molar-refractivity contribution is 5.25. The summed E-state index contributed by atoms with van der Waals surface area (Å²) < 4.78 is 37.6. The molecule has 0 saturated carbocycles. The molecule has 0 atom stereocenters. The van der Waals surface area contributed by atoms with Gasteiger partial charge >= 0.3 is 6.18 Å². The van der Waals surface area contributed by atoms with Crippen molar-refractivity contribution in [2.24, 2.45) is 5.41 Å². The molecule has 0 amide bonds. The first-order valence-electron chi connectivity index (χ1n) is 6.22. The summed E-state index contributed by atoms with van der Waals surface area (Å²) in [7, 11) is 0. The monoisotopic (exact) mass is 275 g/mol. The second-order valence-electron chi connectivity index (χ2n) is 5.44. The predicted molar refractivity (Wildman–Crippen MR) is 68.6 cm³/mol. The van der Waals surface area contributed by atoms with Gasteiger partial charge < -0.3 is 10.4 Å². The van der Waals surface area contributed by atoms with E-state index >= 15 is 0 Å². The summed E-state index contributed by atoms with van der Waals surface area (Å²) in [6.07, 6.45) is -3.64. The van der Waals surface area contributed by atoms with E-state index in [-0.39, 0.29) is 12.0 Å². The lowest BCUT2D eigenvalue weighted by atomic mass is 9.90. The van der Waals surface area contributed by atoms with Gasteiger partial charge in [0.2, 0.25) is 0 Å². The Bertz CT molecular complexity index is 402. The minimum Gasteiger partial charge on any atom is -0.396 e. The van der Waals surface area contributed by atoms with Gasteiger partial charge in [-0.05, 0) is 23.5 Å². The summed E-state index contributed by atoms with van der Waals surface area (Å²) in [4.78, 5) is 0. The van der Waals surface area contributed by atoms with Crippen LogP contribution in [0.3, 0.4) is 0 Å². The predicted octanol–water partition coefficient (Wildman–Crippen LogP) is 3.20. The molecule has 108 valence electrons. The third kappa shape index (κ3) is 5.61. The van der Waals surface area contributed by atoms with Gasteiger partial charge in [-0.25, -0.2) is 0 Å². The van der Waals surface area contributed by atoms with Crippen LogP contribution in [0.2, 0.25) is 0 Å². The number of halogens is 3. The molecule has 2 N–H and O–H groups in total. The van der Waals surface area contributed by atoms with Crippen molar-refractivity contribution in [2.75, 3.05) is 13.2 Å². The highest BCUT2D eigenvalue weighted by atomic mass is 19.4. The smallest absolute Gasteiger partial charge is 0.396 e. The van der Waals surface area contributed by atoms with Crippen molar-refractivity contribution in [3.8, 4) is 0 Å². The van der Waals surface area contributed by atoms with E-state index in [1.807, 2.05) is 13.8 Å². The average molecular weight is 275 g/mol. The van der Waals surface area contributed by atoms with Gasteiger partial charge in [0, 0.05) is 19.7 Å². The summed E-state index contributed by atoms with van der Waals surface area (Å²) in [5.74, 6) is 0. The molecular formula is C14H20F3NO. The minimum atomic E-state index is -4.30. The molecule has 2 nitrogen and oxygen atoms in total. The lowest BCUT2D eigenvalue weighted by Gasteiger charge is -2.24. The van der Waals surface area contributed by atoms with Crippen LogP contribution >= 0.6 is 0 Å². The molecule has 0 aliphatic carbocycles. The van der Waals surface area contributed by atoms with Crippen molar-refractivity contribution in [2.45, 2.75) is 33.0 Å². The van der Waals surface area contributed by atoms with Crippen LogP contribution in [0.25, 0.3) is 0 Å². The van der Waals surface area contributed by atoms with E-state index in [0.29, 0.717) is 25.1 Å². The van der Waals surface area contributed by atoms with Crippen LogP contribution in [0, 0.1) is 5.41 Å². The number of hydrogen-bond donors (Lipinski definition) is 2. The first kappa shape index (κ1) is 16.0. The van der Waals surface area contributed by atoms with Gasteiger partial charge in [-0.2, -0.15) is 13.2 Å². The molecular weight excluding hydrogens is 255 g/mol. The number of benzene rings is 1. The van der Waals surface area contributed by atoms with E-state index in [4.69, 9.17) is 5.11 Å². The van der Waals surface area contributed by atoms with Gasteiger partial charge in [-0.3, -0.25) is 0 Å². The Labute approximate surface area is 111 Å². The maximum atomic E-state index is 12.5. The average Bonchev–Trinajstić information content (AvgIpc) is 2.28. The Morgan fingerprint density at radius 1 is 1.21 bits per heavy atom. The zero-order valence-corrected chi connectivity index (χ0v) is 11.2. The van der Waals surface area contributed by atoms with Crippen LogP contribution in [-0.4, -0.2) is 18.3 Å². The number of hydrogen-bond acceptors (Lipinski definition) is 2. The Balaban J connectivity index is 2.55. The van der Waals surface area contributed by atoms with E-state index in [2.05, 4.69) is 5.32 Å². The SMILES string of the molecule is CC(C)(CCO)CNCc1cccc(C(F)(F)F)c1. The zero-order chi connectivity index (χ0) is 14.5. The lowest BCUT2D eigenvalue weighted by molar-refractivity contribution is -0.137. The van der Waals surface area contributed by atoms with Crippen molar-refractivity contribution in [1.29, 1.82) is 0 Å². The van der Waals surface area contributed by atoms with E-state index in [0.717, 1.165) is 12.1 Å². The van der Waals surface area contributed by atoms with Crippen molar-refractivity contribution in [1.82, 2.24) is 5.32 Å². The van der Waals surface area contributed by atoms with Gasteiger partial charge in [0.25, 0.3) is 0 Å². The first-order chi connectivity index (χ1) is 8.74. The molecule has 0 aromatic heterocycles. The molecule has 1 aromatic rings. The highest BCUT2D eigenvalue weighted by Gasteiger charge is 2.30. The molecule has 0 saturated heterocycles. The second kappa shape index (κ2) is 6.39. The fourth-order valence-corrected chi connectivity index (χ4v) is 1.79. The summed E-state index contributed by atoms with van der Waals surface area (Å²) in [6, 6.07) is 5.31. The molecule has 19 heavy (non-hydrogen) atoms. The maximum Gasteiger partial charge on any atom is 0.416 e. The fraction of sp³-hybridized carbons (Fsp3) is 0.571. The van der Waals surface area contributed by atoms with Crippen molar-refractivity contribution < 1.29 is 18.3 Å². The molecule has 1 aromatic carbocycles. The Hall–Kier alpha value is -1.07. The normalized spacial score (nSPS) is 12.7. The lowest BCUT2D eigenvalue weighted by Crippen LogP contribution is -2.29. The summed E-state index contributed by atoms with van der Waals surface area (Å²) in [5, 5.41) is 12.0. The van der Waals surface area contributed by atoms with Crippen LogP contribution in [0.5, 0.6) is 0 Å². The maximum absolute atomic E-state index is 12.5. The second-order valence-corrected chi connectivity index (χ2v) is 5.44. The molecule has 0 bridgehead atoms. The van der Waals surface area contributed by atoms with Gasteiger partial charge in [0.15, 0.2) is 0 Å². The number of aliphatic hydroxyl groups excluding tert-OH is 1. The molecule has 1 rings (SSSR count). The van der Waals surface area contributed by atoms with E-state index < -0.39 is 11.7 Å². The van der Waals surface area contributed by atoms with Crippen molar-refractivity contribution in [3.05, 3.63) is 35.4 Å². The Kier molecular flexibility index (Phi) is 5.38. The Morgan fingerprint density at radius 2 is 1.89 bits per heavy atom. The van der Waals surface area contributed by atoms with Crippen LogP contribution in [0.4, 0.5) is 13.2 Å². The van der Waals surface area contributed by atoms with Gasteiger partial charge in [-0.1, -0.05) is 32.0 Å². The van der Waals surface area contributed by atoms with Crippen LogP contribution in [0.15, 0.2) is 24.3 Å². The van der Waals surface area contributed by atoms with Crippen LogP contribution < -0.4 is 5.32 Å². The van der Waals surface area contributed by atoms with Crippen molar-refractivity contribution >= 4 is 0 Å². The molecule has 0 heterocycles.